The third-order valence-electron chi connectivity index (χ3n) is 6.78. The zero-order valence-corrected chi connectivity index (χ0v) is 21.5. The Bertz CT molecular complexity index is 1470. The second-order valence-corrected chi connectivity index (χ2v) is 12.1. The van der Waals surface area contributed by atoms with Gasteiger partial charge >= 0.3 is 0 Å². The molecule has 4 aromatic heterocycles. The first-order valence-electron chi connectivity index (χ1n) is 12.0. The number of aromatic nitrogens is 5. The van der Waals surface area contributed by atoms with Gasteiger partial charge in [-0.3, -0.25) is 4.98 Å². The third-order valence-corrected chi connectivity index (χ3v) is 7.71. The largest absolute Gasteiger partial charge is 0.493 e. The van der Waals surface area contributed by atoms with Crippen molar-refractivity contribution in [1.29, 1.82) is 0 Å². The van der Waals surface area contributed by atoms with Gasteiger partial charge in [0.05, 0.1) is 29.6 Å². The molecule has 0 spiro atoms. The molecule has 1 aliphatic rings. The maximum atomic E-state index is 11.4. The standard InChI is InChI=1S/C25H32N6O3S/c1-16(2)22-23(18-11-21(34-3)25-26-15-27-31(25)14-18)29-20-8-7-19(28-24(20)22)6-5-17-12-30(13-17)9-10-35(4,32)33/h7-8,11,14-17,29H,5-6,9-10,12-13H2,1-4H3. The van der Waals surface area contributed by atoms with Crippen LogP contribution in [0, 0.1) is 5.92 Å². The lowest BCUT2D eigenvalue weighted by Gasteiger charge is -2.39. The lowest BCUT2D eigenvalue weighted by molar-refractivity contribution is 0.102. The minimum atomic E-state index is -2.90. The number of rotatable bonds is 9. The molecule has 0 aliphatic carbocycles. The van der Waals surface area contributed by atoms with E-state index in [2.05, 4.69) is 45.9 Å². The Balaban J connectivity index is 1.36. The normalized spacial score (nSPS) is 15.3. The van der Waals surface area contributed by atoms with E-state index >= 15 is 0 Å². The van der Waals surface area contributed by atoms with E-state index in [1.165, 1.54) is 18.1 Å². The molecule has 0 saturated carbocycles. The van der Waals surface area contributed by atoms with Crippen molar-refractivity contribution in [3.8, 4) is 17.0 Å². The van der Waals surface area contributed by atoms with Crippen molar-refractivity contribution >= 4 is 26.5 Å². The minimum absolute atomic E-state index is 0.238. The van der Waals surface area contributed by atoms with Crippen LogP contribution in [0.25, 0.3) is 27.9 Å². The van der Waals surface area contributed by atoms with E-state index in [4.69, 9.17) is 9.72 Å². The summed E-state index contributed by atoms with van der Waals surface area (Å²) in [6, 6.07) is 6.22. The summed E-state index contributed by atoms with van der Waals surface area (Å²) in [5.74, 6) is 1.78. The van der Waals surface area contributed by atoms with Crippen LogP contribution in [0.1, 0.15) is 37.4 Å². The number of nitrogens with one attached hydrogen (secondary N) is 1. The number of hydrogen-bond acceptors (Lipinski definition) is 7. The molecule has 0 atom stereocenters. The maximum absolute atomic E-state index is 11.4. The average molecular weight is 497 g/mol. The first-order valence-corrected chi connectivity index (χ1v) is 14.1. The van der Waals surface area contributed by atoms with Crippen LogP contribution in [-0.4, -0.2) is 76.6 Å². The summed E-state index contributed by atoms with van der Waals surface area (Å²) in [6.07, 6.45) is 6.76. The minimum Gasteiger partial charge on any atom is -0.493 e. The number of methoxy groups -OCH3 is 1. The topological polar surface area (TPSA) is 105 Å². The highest BCUT2D eigenvalue weighted by molar-refractivity contribution is 7.90. The molecule has 0 bridgehead atoms. The van der Waals surface area contributed by atoms with Crippen LogP contribution in [0.5, 0.6) is 5.75 Å². The first-order chi connectivity index (χ1) is 16.7. The number of ether oxygens (including phenoxy) is 1. The SMILES string of the molecule is COc1cc(-c2[nH]c3ccc(CCC4CN(CCS(C)(=O)=O)C4)nc3c2C(C)C)cn2ncnc12. The first kappa shape index (κ1) is 23.7. The van der Waals surface area contributed by atoms with Crippen LogP contribution in [-0.2, 0) is 16.3 Å². The number of fused-ring (bicyclic) bond motifs is 2. The summed E-state index contributed by atoms with van der Waals surface area (Å²) in [7, 11) is -1.26. The van der Waals surface area contributed by atoms with Gasteiger partial charge in [-0.2, -0.15) is 5.10 Å². The van der Waals surface area contributed by atoms with Crippen molar-refractivity contribution in [1.82, 2.24) is 29.5 Å². The summed E-state index contributed by atoms with van der Waals surface area (Å²) in [5.41, 5.74) is 6.98. The molecule has 1 N–H and O–H groups in total. The molecule has 5 heterocycles. The van der Waals surface area contributed by atoms with E-state index in [-0.39, 0.29) is 11.7 Å². The van der Waals surface area contributed by atoms with Gasteiger partial charge in [0.2, 0.25) is 0 Å². The number of hydrogen-bond donors (Lipinski definition) is 1. The Kier molecular flexibility index (Phi) is 6.27. The zero-order valence-electron chi connectivity index (χ0n) is 20.7. The Morgan fingerprint density at radius 1 is 1.26 bits per heavy atom. The molecule has 5 rings (SSSR count). The highest BCUT2D eigenvalue weighted by Gasteiger charge is 2.27. The van der Waals surface area contributed by atoms with Crippen molar-refractivity contribution < 1.29 is 13.2 Å². The van der Waals surface area contributed by atoms with Crippen molar-refractivity contribution in [2.75, 3.05) is 38.8 Å². The highest BCUT2D eigenvalue weighted by Crippen LogP contribution is 2.36. The molecule has 4 aromatic rings. The molecule has 1 aliphatic heterocycles. The number of H-pyrrole nitrogens is 1. The lowest BCUT2D eigenvalue weighted by atomic mass is 9.93. The molecule has 0 amide bonds. The third kappa shape index (κ3) is 4.90. The molecule has 1 saturated heterocycles. The van der Waals surface area contributed by atoms with Crippen LogP contribution in [0.15, 0.2) is 30.7 Å². The monoisotopic (exact) mass is 496 g/mol. The summed E-state index contributed by atoms with van der Waals surface area (Å²) in [4.78, 5) is 15.1. The molecule has 0 radical (unpaired) electrons. The smallest absolute Gasteiger partial charge is 0.197 e. The fourth-order valence-corrected chi connectivity index (χ4v) is 5.52. The van der Waals surface area contributed by atoms with Crippen LogP contribution in [0.4, 0.5) is 0 Å². The highest BCUT2D eigenvalue weighted by atomic mass is 32.2. The fraction of sp³-hybridized carbons (Fsp3) is 0.480. The Morgan fingerprint density at radius 3 is 2.77 bits per heavy atom. The van der Waals surface area contributed by atoms with Gasteiger partial charge in [0.15, 0.2) is 11.4 Å². The summed E-state index contributed by atoms with van der Waals surface area (Å²) < 4.78 is 30.0. The Morgan fingerprint density at radius 2 is 2.06 bits per heavy atom. The lowest BCUT2D eigenvalue weighted by Crippen LogP contribution is -2.48. The van der Waals surface area contributed by atoms with Crippen LogP contribution < -0.4 is 4.74 Å². The van der Waals surface area contributed by atoms with E-state index in [9.17, 15) is 8.42 Å². The number of sulfone groups is 1. The maximum Gasteiger partial charge on any atom is 0.197 e. The van der Waals surface area contributed by atoms with Crippen LogP contribution in [0.2, 0.25) is 0 Å². The second-order valence-electron chi connectivity index (χ2n) is 9.89. The van der Waals surface area contributed by atoms with E-state index in [1.807, 2.05) is 12.3 Å². The number of pyridine rings is 2. The van der Waals surface area contributed by atoms with Crippen LogP contribution in [0.3, 0.4) is 0 Å². The van der Waals surface area contributed by atoms with Gasteiger partial charge < -0.3 is 14.6 Å². The predicted molar refractivity (Wildman–Crippen MR) is 137 cm³/mol. The van der Waals surface area contributed by atoms with E-state index in [0.717, 1.165) is 53.9 Å². The second kappa shape index (κ2) is 9.23. The fourth-order valence-electron chi connectivity index (χ4n) is 4.93. The van der Waals surface area contributed by atoms with E-state index in [0.29, 0.717) is 23.9 Å². The van der Waals surface area contributed by atoms with Gasteiger partial charge in [-0.15, -0.1) is 0 Å². The van der Waals surface area contributed by atoms with Gasteiger partial charge in [-0.1, -0.05) is 13.8 Å². The average Bonchev–Trinajstić information content (AvgIpc) is 3.40. The van der Waals surface area contributed by atoms with E-state index in [1.54, 1.807) is 11.6 Å². The number of nitrogens with zero attached hydrogens (tertiary/aromatic N) is 5. The zero-order chi connectivity index (χ0) is 24.7. The molecule has 186 valence electrons. The molecule has 35 heavy (non-hydrogen) atoms. The van der Waals surface area contributed by atoms with Gasteiger partial charge in [0, 0.05) is 48.9 Å². The quantitative estimate of drug-likeness (QED) is 0.379. The summed E-state index contributed by atoms with van der Waals surface area (Å²) in [5, 5.41) is 4.30. The van der Waals surface area contributed by atoms with Crippen molar-refractivity contribution in [2.24, 2.45) is 5.92 Å². The summed E-state index contributed by atoms with van der Waals surface area (Å²) >= 11 is 0. The van der Waals surface area contributed by atoms with Gasteiger partial charge in [0.1, 0.15) is 16.2 Å². The molecule has 0 aromatic carbocycles. The molecule has 0 unspecified atom stereocenters. The van der Waals surface area contributed by atoms with Crippen molar-refractivity contribution in [3.63, 3.8) is 0 Å². The molecule has 10 heteroatoms. The Labute approximate surface area is 205 Å². The number of aryl methyl sites for hydroxylation is 1. The Hall–Kier alpha value is -2.98. The van der Waals surface area contributed by atoms with E-state index < -0.39 is 9.84 Å². The molecular weight excluding hydrogens is 464 g/mol. The number of likely N-dealkylation sites (tertiary alicyclic amines) is 1. The van der Waals surface area contributed by atoms with Gasteiger partial charge in [-0.25, -0.2) is 17.9 Å². The van der Waals surface area contributed by atoms with Gasteiger partial charge in [0.25, 0.3) is 0 Å². The summed E-state index contributed by atoms with van der Waals surface area (Å²) in [6.45, 7) is 6.94. The van der Waals surface area contributed by atoms with Crippen molar-refractivity contribution in [2.45, 2.75) is 32.6 Å². The molecule has 9 nitrogen and oxygen atoms in total. The predicted octanol–water partition coefficient (Wildman–Crippen LogP) is 3.31. The van der Waals surface area contributed by atoms with Crippen LogP contribution >= 0.6 is 0 Å². The molecular formula is C25H32N6O3S. The van der Waals surface area contributed by atoms with Gasteiger partial charge in [-0.05, 0) is 42.9 Å². The number of aromatic amines is 1. The molecule has 1 fully saturated rings. The van der Waals surface area contributed by atoms with Crippen molar-refractivity contribution in [3.05, 3.63) is 42.0 Å².